The van der Waals surface area contributed by atoms with Crippen molar-refractivity contribution in [2.45, 2.75) is 44.8 Å². The number of amides is 1. The van der Waals surface area contributed by atoms with Crippen molar-refractivity contribution >= 4 is 16.9 Å². The van der Waals surface area contributed by atoms with Crippen LogP contribution in [0.4, 0.5) is 0 Å². The molecule has 150 valence electrons. The lowest BCUT2D eigenvalue weighted by Crippen LogP contribution is -2.46. The molecule has 1 amide bonds. The maximum absolute atomic E-state index is 12.6. The number of carbonyl (C=O) groups excluding carboxylic acids is 1. The molecule has 1 atom stereocenters. The highest BCUT2D eigenvalue weighted by Crippen LogP contribution is 2.32. The molecular formula is C21H28N4O3. The van der Waals surface area contributed by atoms with Crippen LogP contribution >= 0.6 is 0 Å². The molecule has 3 aliphatic heterocycles. The normalized spacial score (nSPS) is 22.0. The summed E-state index contributed by atoms with van der Waals surface area (Å²) in [7, 11) is 0. The van der Waals surface area contributed by atoms with Crippen LogP contribution in [0.3, 0.4) is 0 Å². The first kappa shape index (κ1) is 18.1. The van der Waals surface area contributed by atoms with Crippen molar-refractivity contribution in [2.24, 2.45) is 0 Å². The van der Waals surface area contributed by atoms with Crippen LogP contribution in [0, 0.1) is 6.92 Å². The molecule has 0 saturated carbocycles. The zero-order chi connectivity index (χ0) is 19.1. The lowest BCUT2D eigenvalue weighted by Gasteiger charge is -2.30. The van der Waals surface area contributed by atoms with Crippen LogP contribution in [0.25, 0.3) is 11.0 Å². The fourth-order valence-corrected chi connectivity index (χ4v) is 4.27. The zero-order valence-electron chi connectivity index (χ0n) is 16.4. The van der Waals surface area contributed by atoms with Crippen LogP contribution in [-0.4, -0.2) is 65.9 Å². The number of carbonyl (C=O) groups is 1. The van der Waals surface area contributed by atoms with Crippen molar-refractivity contribution in [3.8, 4) is 0 Å². The number of pyridine rings is 1. The summed E-state index contributed by atoms with van der Waals surface area (Å²) in [4.78, 5) is 19.4. The molecule has 0 radical (unpaired) electrons. The second-order valence-electron chi connectivity index (χ2n) is 8.18. The van der Waals surface area contributed by atoms with E-state index in [4.69, 9.17) is 14.5 Å². The quantitative estimate of drug-likeness (QED) is 0.766. The van der Waals surface area contributed by atoms with Gasteiger partial charge in [0.25, 0.3) is 0 Å². The lowest BCUT2D eigenvalue weighted by atomic mass is 9.98. The molecule has 2 aromatic rings. The Labute approximate surface area is 165 Å². The minimum absolute atomic E-state index is 0.178. The molecule has 3 aliphatic rings. The zero-order valence-corrected chi connectivity index (χ0v) is 16.4. The van der Waals surface area contributed by atoms with Gasteiger partial charge in [0.2, 0.25) is 5.91 Å². The van der Waals surface area contributed by atoms with Crippen molar-refractivity contribution in [1.29, 1.82) is 0 Å². The summed E-state index contributed by atoms with van der Waals surface area (Å²) in [6.45, 7) is 8.23. The SMILES string of the molecule is Cc1c2n(c3ncc(C4COC4)cc13)CCN(C(=O)CCOCC1CCN1)C2. The summed E-state index contributed by atoms with van der Waals surface area (Å²) in [6, 6.07) is 2.75. The predicted octanol–water partition coefficient (Wildman–Crippen LogP) is 1.57. The second-order valence-corrected chi connectivity index (χ2v) is 8.18. The molecule has 5 rings (SSSR count). The third-order valence-corrected chi connectivity index (χ3v) is 6.41. The molecule has 2 saturated heterocycles. The van der Waals surface area contributed by atoms with Crippen molar-refractivity contribution in [3.05, 3.63) is 29.1 Å². The predicted molar refractivity (Wildman–Crippen MR) is 105 cm³/mol. The summed E-state index contributed by atoms with van der Waals surface area (Å²) in [5.41, 5.74) is 4.76. The molecule has 7 nitrogen and oxygen atoms in total. The van der Waals surface area contributed by atoms with Crippen molar-refractivity contribution in [3.63, 3.8) is 0 Å². The molecule has 28 heavy (non-hydrogen) atoms. The first-order chi connectivity index (χ1) is 13.7. The Morgan fingerprint density at radius 2 is 2.25 bits per heavy atom. The minimum atomic E-state index is 0.178. The van der Waals surface area contributed by atoms with E-state index in [0.29, 0.717) is 38.1 Å². The van der Waals surface area contributed by atoms with Crippen molar-refractivity contribution < 1.29 is 14.3 Å². The Morgan fingerprint density at radius 3 is 2.96 bits per heavy atom. The fourth-order valence-electron chi connectivity index (χ4n) is 4.27. The third kappa shape index (κ3) is 3.21. The Hall–Kier alpha value is -1.96. The van der Waals surface area contributed by atoms with Gasteiger partial charge < -0.3 is 24.3 Å². The standard InChI is InChI=1S/C21H28N4O3/c1-14-18-8-15(16-11-28-12-16)9-23-21(18)25-6-5-24(10-19(14)25)20(26)3-7-27-13-17-2-4-22-17/h8-9,16-17,22H,2-7,10-13H2,1H3. The van der Waals surface area contributed by atoms with Gasteiger partial charge in [0.1, 0.15) is 5.65 Å². The molecule has 2 aromatic heterocycles. The fraction of sp³-hybridized carbons (Fsp3) is 0.619. The van der Waals surface area contributed by atoms with Gasteiger partial charge in [-0.05, 0) is 37.1 Å². The van der Waals surface area contributed by atoms with Gasteiger partial charge in [0.05, 0.1) is 39.4 Å². The number of aromatic nitrogens is 2. The molecule has 1 unspecified atom stereocenters. The van der Waals surface area contributed by atoms with Crippen LogP contribution in [0.1, 0.15) is 35.6 Å². The highest BCUT2D eigenvalue weighted by molar-refractivity contribution is 5.83. The van der Waals surface area contributed by atoms with Gasteiger partial charge in [-0.2, -0.15) is 0 Å². The maximum Gasteiger partial charge on any atom is 0.225 e. The van der Waals surface area contributed by atoms with Gasteiger partial charge in [-0.3, -0.25) is 4.79 Å². The van der Waals surface area contributed by atoms with Crippen LogP contribution in [0.15, 0.2) is 12.3 Å². The van der Waals surface area contributed by atoms with E-state index in [-0.39, 0.29) is 5.91 Å². The highest BCUT2D eigenvalue weighted by Gasteiger charge is 2.27. The van der Waals surface area contributed by atoms with E-state index in [1.165, 1.54) is 28.6 Å². The lowest BCUT2D eigenvalue weighted by molar-refractivity contribution is -0.133. The largest absolute Gasteiger partial charge is 0.380 e. The van der Waals surface area contributed by atoms with E-state index in [0.717, 1.165) is 38.5 Å². The summed E-state index contributed by atoms with van der Waals surface area (Å²) >= 11 is 0. The number of nitrogens with one attached hydrogen (secondary N) is 1. The average Bonchev–Trinajstić information content (AvgIpc) is 2.90. The smallest absolute Gasteiger partial charge is 0.225 e. The average molecular weight is 384 g/mol. The molecule has 5 heterocycles. The van der Waals surface area contributed by atoms with Crippen molar-refractivity contribution in [1.82, 2.24) is 19.8 Å². The number of ether oxygens (including phenoxy) is 2. The van der Waals surface area contributed by atoms with Gasteiger partial charge in [0, 0.05) is 42.3 Å². The molecule has 2 fully saturated rings. The van der Waals surface area contributed by atoms with Gasteiger partial charge in [-0.1, -0.05) is 0 Å². The van der Waals surface area contributed by atoms with E-state index < -0.39 is 0 Å². The monoisotopic (exact) mass is 384 g/mol. The number of hydrogen-bond acceptors (Lipinski definition) is 5. The molecule has 0 spiro atoms. The van der Waals surface area contributed by atoms with Gasteiger partial charge in [-0.25, -0.2) is 4.98 Å². The van der Waals surface area contributed by atoms with Crippen molar-refractivity contribution in [2.75, 3.05) is 39.5 Å². The Kier molecular flexibility index (Phi) is 4.82. The molecule has 1 N–H and O–H groups in total. The highest BCUT2D eigenvalue weighted by atomic mass is 16.5. The number of hydrogen-bond donors (Lipinski definition) is 1. The Morgan fingerprint density at radius 1 is 1.39 bits per heavy atom. The first-order valence-corrected chi connectivity index (χ1v) is 10.3. The summed E-state index contributed by atoms with van der Waals surface area (Å²) in [5.74, 6) is 0.652. The van der Waals surface area contributed by atoms with Crippen LogP contribution in [0.5, 0.6) is 0 Å². The van der Waals surface area contributed by atoms with Crippen LogP contribution in [-0.2, 0) is 27.4 Å². The van der Waals surface area contributed by atoms with E-state index in [9.17, 15) is 4.79 Å². The first-order valence-electron chi connectivity index (χ1n) is 10.3. The second kappa shape index (κ2) is 7.46. The van der Waals surface area contributed by atoms with E-state index in [1.54, 1.807) is 0 Å². The summed E-state index contributed by atoms with van der Waals surface area (Å²) < 4.78 is 13.3. The number of rotatable bonds is 6. The summed E-state index contributed by atoms with van der Waals surface area (Å²) in [5, 5.41) is 4.52. The number of aryl methyl sites for hydroxylation is 1. The third-order valence-electron chi connectivity index (χ3n) is 6.41. The minimum Gasteiger partial charge on any atom is -0.380 e. The molecular weight excluding hydrogens is 356 g/mol. The van der Waals surface area contributed by atoms with Crippen LogP contribution < -0.4 is 5.32 Å². The van der Waals surface area contributed by atoms with E-state index >= 15 is 0 Å². The number of fused-ring (bicyclic) bond motifs is 3. The molecule has 0 aliphatic carbocycles. The van der Waals surface area contributed by atoms with Gasteiger partial charge in [-0.15, -0.1) is 0 Å². The van der Waals surface area contributed by atoms with E-state index in [2.05, 4.69) is 22.9 Å². The molecule has 0 aromatic carbocycles. The van der Waals surface area contributed by atoms with Gasteiger partial charge >= 0.3 is 0 Å². The maximum atomic E-state index is 12.6. The molecule has 7 heteroatoms. The summed E-state index contributed by atoms with van der Waals surface area (Å²) in [6.07, 6.45) is 3.62. The Bertz CT molecular complexity index is 885. The van der Waals surface area contributed by atoms with E-state index in [1.807, 2.05) is 11.1 Å². The van der Waals surface area contributed by atoms with Gasteiger partial charge in [0.15, 0.2) is 0 Å². The van der Waals surface area contributed by atoms with Crippen LogP contribution in [0.2, 0.25) is 0 Å². The molecule has 0 bridgehead atoms. The number of nitrogens with zero attached hydrogens (tertiary/aromatic N) is 3. The topological polar surface area (TPSA) is 68.6 Å². The Balaban J connectivity index is 1.26.